The fourth-order valence-corrected chi connectivity index (χ4v) is 3.57. The number of hydrogen-bond acceptors (Lipinski definition) is 4. The summed E-state index contributed by atoms with van der Waals surface area (Å²) in [6.45, 7) is 4.59. The molecule has 4 nitrogen and oxygen atoms in total. The molecule has 2 heterocycles. The number of esters is 1. The molecule has 0 aromatic heterocycles. The van der Waals surface area contributed by atoms with Crippen molar-refractivity contribution in [3.8, 4) is 0 Å². The Kier molecular flexibility index (Phi) is 4.32. The largest absolute Gasteiger partial charge is 0.465 e. The lowest BCUT2D eigenvalue weighted by Crippen LogP contribution is -2.27. The predicted molar refractivity (Wildman–Crippen MR) is 74.3 cm³/mol. The van der Waals surface area contributed by atoms with Crippen LogP contribution in [0.1, 0.15) is 52.4 Å². The maximum Gasteiger partial charge on any atom is 0.309 e. The van der Waals surface area contributed by atoms with Crippen LogP contribution in [-0.2, 0) is 19.0 Å². The zero-order valence-corrected chi connectivity index (χ0v) is 12.5. The van der Waals surface area contributed by atoms with Crippen molar-refractivity contribution in [3.63, 3.8) is 0 Å². The average Bonchev–Trinajstić information content (AvgIpc) is 3.38. The Bertz CT molecular complexity index is 356. The van der Waals surface area contributed by atoms with Crippen LogP contribution in [0.4, 0.5) is 0 Å². The Labute approximate surface area is 121 Å². The molecular formula is C16H26O4. The topological polar surface area (TPSA) is 51.4 Å². The van der Waals surface area contributed by atoms with E-state index in [9.17, 15) is 4.79 Å². The summed E-state index contributed by atoms with van der Waals surface area (Å²) >= 11 is 0. The van der Waals surface area contributed by atoms with Gasteiger partial charge in [-0.3, -0.25) is 4.79 Å². The van der Waals surface area contributed by atoms with E-state index in [0.29, 0.717) is 36.9 Å². The molecular weight excluding hydrogens is 256 g/mol. The van der Waals surface area contributed by atoms with Crippen molar-refractivity contribution in [2.24, 2.45) is 11.8 Å². The number of ether oxygens (including phenoxy) is 3. The molecule has 6 atom stereocenters. The summed E-state index contributed by atoms with van der Waals surface area (Å²) in [5, 5.41) is 0. The van der Waals surface area contributed by atoms with E-state index in [2.05, 4.69) is 0 Å². The lowest BCUT2D eigenvalue weighted by molar-refractivity contribution is -0.151. The van der Waals surface area contributed by atoms with Gasteiger partial charge in [-0.15, -0.1) is 0 Å². The Hall–Kier alpha value is -0.610. The van der Waals surface area contributed by atoms with Gasteiger partial charge in [0.2, 0.25) is 0 Å². The normalized spacial score (nSPS) is 44.3. The van der Waals surface area contributed by atoms with Crippen molar-refractivity contribution in [1.29, 1.82) is 0 Å². The van der Waals surface area contributed by atoms with Gasteiger partial charge >= 0.3 is 5.97 Å². The van der Waals surface area contributed by atoms with E-state index < -0.39 is 0 Å². The van der Waals surface area contributed by atoms with Crippen LogP contribution >= 0.6 is 0 Å². The van der Waals surface area contributed by atoms with Gasteiger partial charge in [-0.25, -0.2) is 0 Å². The Morgan fingerprint density at radius 3 is 2.25 bits per heavy atom. The molecule has 2 saturated heterocycles. The third-order valence-corrected chi connectivity index (χ3v) is 4.91. The highest BCUT2D eigenvalue weighted by atomic mass is 16.6. The van der Waals surface area contributed by atoms with E-state index in [1.54, 1.807) is 0 Å². The van der Waals surface area contributed by atoms with Gasteiger partial charge < -0.3 is 14.2 Å². The van der Waals surface area contributed by atoms with Crippen molar-refractivity contribution >= 4 is 5.97 Å². The highest BCUT2D eigenvalue weighted by Gasteiger charge is 2.47. The number of carbonyl (C=O) groups excluding carboxylic acids is 1. The molecule has 4 aliphatic rings. The number of epoxide rings is 2. The van der Waals surface area contributed by atoms with Gasteiger partial charge in [0.25, 0.3) is 0 Å². The summed E-state index contributed by atoms with van der Waals surface area (Å²) in [5.74, 6) is 0.608. The second kappa shape index (κ2) is 6.02. The molecule has 6 unspecified atom stereocenters. The monoisotopic (exact) mass is 282 g/mol. The average molecular weight is 282 g/mol. The maximum atomic E-state index is 12.0. The predicted octanol–water partition coefficient (Wildman–Crippen LogP) is 2.69. The molecule has 4 fully saturated rings. The van der Waals surface area contributed by atoms with Crippen LogP contribution in [0.25, 0.3) is 0 Å². The lowest BCUT2D eigenvalue weighted by atomic mass is 9.89. The smallest absolute Gasteiger partial charge is 0.309 e. The number of fused-ring (bicyclic) bond motifs is 2. The standard InChI is InChI=1S/C14H20O4.C2H6/c15-14(9-2-4-11-13(6-9)18-11)16-7-8-1-3-10-12(5-8)17-10;1-2/h8-13H,1-7H2;1-2H3. The molecule has 0 amide bonds. The van der Waals surface area contributed by atoms with Gasteiger partial charge in [-0.1, -0.05) is 13.8 Å². The summed E-state index contributed by atoms with van der Waals surface area (Å²) < 4.78 is 16.4. The van der Waals surface area contributed by atoms with E-state index in [4.69, 9.17) is 14.2 Å². The number of rotatable bonds is 3. The zero-order valence-electron chi connectivity index (χ0n) is 12.5. The lowest BCUT2D eigenvalue weighted by Gasteiger charge is -2.21. The van der Waals surface area contributed by atoms with Gasteiger partial charge in [-0.05, 0) is 44.4 Å². The summed E-state index contributed by atoms with van der Waals surface area (Å²) in [6.07, 6.45) is 8.03. The fourth-order valence-electron chi connectivity index (χ4n) is 3.57. The molecule has 0 bridgehead atoms. The van der Waals surface area contributed by atoms with Crippen LogP contribution in [0, 0.1) is 11.8 Å². The van der Waals surface area contributed by atoms with E-state index in [1.807, 2.05) is 13.8 Å². The minimum atomic E-state index is 0.00258. The molecule has 20 heavy (non-hydrogen) atoms. The van der Waals surface area contributed by atoms with Gasteiger partial charge in [0.05, 0.1) is 36.9 Å². The third-order valence-electron chi connectivity index (χ3n) is 4.91. The van der Waals surface area contributed by atoms with Crippen molar-refractivity contribution < 1.29 is 19.0 Å². The fraction of sp³-hybridized carbons (Fsp3) is 0.938. The first kappa shape index (κ1) is 14.3. The van der Waals surface area contributed by atoms with Gasteiger partial charge in [0, 0.05) is 0 Å². The molecule has 0 aromatic rings. The van der Waals surface area contributed by atoms with Gasteiger partial charge in [0.15, 0.2) is 0 Å². The molecule has 4 heteroatoms. The van der Waals surface area contributed by atoms with E-state index in [0.717, 1.165) is 38.5 Å². The van der Waals surface area contributed by atoms with Crippen LogP contribution in [0.3, 0.4) is 0 Å². The van der Waals surface area contributed by atoms with Crippen molar-refractivity contribution in [2.75, 3.05) is 6.61 Å². The Morgan fingerprint density at radius 2 is 1.60 bits per heavy atom. The first-order chi connectivity index (χ1) is 9.79. The van der Waals surface area contributed by atoms with Crippen LogP contribution in [0.15, 0.2) is 0 Å². The van der Waals surface area contributed by atoms with Gasteiger partial charge in [0.1, 0.15) is 0 Å². The molecule has 114 valence electrons. The molecule has 2 aliphatic carbocycles. The molecule has 0 aromatic carbocycles. The quantitative estimate of drug-likeness (QED) is 0.590. The molecule has 0 radical (unpaired) electrons. The molecule has 2 saturated carbocycles. The van der Waals surface area contributed by atoms with Crippen LogP contribution < -0.4 is 0 Å². The van der Waals surface area contributed by atoms with E-state index >= 15 is 0 Å². The zero-order chi connectivity index (χ0) is 14.1. The Balaban J connectivity index is 0.000000581. The highest BCUT2D eigenvalue weighted by molar-refractivity contribution is 5.72. The van der Waals surface area contributed by atoms with Crippen molar-refractivity contribution in [1.82, 2.24) is 0 Å². The van der Waals surface area contributed by atoms with Gasteiger partial charge in [-0.2, -0.15) is 0 Å². The van der Waals surface area contributed by atoms with Crippen LogP contribution in [0.2, 0.25) is 0 Å². The summed E-state index contributed by atoms with van der Waals surface area (Å²) in [6, 6.07) is 0. The van der Waals surface area contributed by atoms with Crippen molar-refractivity contribution in [2.45, 2.75) is 76.8 Å². The summed E-state index contributed by atoms with van der Waals surface area (Å²) in [7, 11) is 0. The molecule has 4 rings (SSSR count). The van der Waals surface area contributed by atoms with E-state index in [-0.39, 0.29) is 11.9 Å². The van der Waals surface area contributed by atoms with Crippen molar-refractivity contribution in [3.05, 3.63) is 0 Å². The second-order valence-electron chi connectivity index (χ2n) is 6.25. The second-order valence-corrected chi connectivity index (χ2v) is 6.25. The maximum absolute atomic E-state index is 12.0. The minimum absolute atomic E-state index is 0.00258. The first-order valence-corrected chi connectivity index (χ1v) is 8.27. The first-order valence-electron chi connectivity index (χ1n) is 8.27. The summed E-state index contributed by atoms with van der Waals surface area (Å²) in [4.78, 5) is 12.0. The molecule has 2 aliphatic heterocycles. The molecule has 0 N–H and O–H groups in total. The molecule has 0 spiro atoms. The van der Waals surface area contributed by atoms with E-state index in [1.165, 1.54) is 0 Å². The Morgan fingerprint density at radius 1 is 0.950 bits per heavy atom. The number of hydrogen-bond donors (Lipinski definition) is 0. The van der Waals surface area contributed by atoms with Crippen LogP contribution in [0.5, 0.6) is 0 Å². The van der Waals surface area contributed by atoms with Crippen LogP contribution in [-0.4, -0.2) is 37.0 Å². The minimum Gasteiger partial charge on any atom is -0.465 e. The third kappa shape index (κ3) is 3.17. The highest BCUT2D eigenvalue weighted by Crippen LogP contribution is 2.41. The SMILES string of the molecule is CC.O=C(OCC1CCC2OC2C1)C1CCC2OC2C1. The summed E-state index contributed by atoms with van der Waals surface area (Å²) in [5.41, 5.74) is 0. The number of carbonyl (C=O) groups is 1.